The molecule has 0 bridgehead atoms. The highest BCUT2D eigenvalue weighted by Crippen LogP contribution is 2.33. The van der Waals surface area contributed by atoms with E-state index in [4.69, 9.17) is 5.73 Å². The standard InChI is InChI=1S/C9H11N3O4S2/c1-17(15)6-3-5(13)4-7(18(2)16)8(6)11-12-9(10)14/h3-4,13H,1-2H3,(H2,10,14)/t17-,18-/m0/s1. The average Bonchev–Trinajstić information content (AvgIpc) is 2.25. The van der Waals surface area contributed by atoms with Crippen LogP contribution in [0.15, 0.2) is 32.2 Å². The fourth-order valence-electron chi connectivity index (χ4n) is 1.20. The van der Waals surface area contributed by atoms with Gasteiger partial charge in [-0.15, -0.1) is 5.11 Å². The number of aromatic hydroxyl groups is 1. The van der Waals surface area contributed by atoms with Gasteiger partial charge in [-0.25, -0.2) is 4.79 Å². The Bertz CT molecular complexity index is 536. The summed E-state index contributed by atoms with van der Waals surface area (Å²) >= 11 is 0. The topological polar surface area (TPSA) is 122 Å². The van der Waals surface area contributed by atoms with Gasteiger partial charge in [0.25, 0.3) is 0 Å². The van der Waals surface area contributed by atoms with Gasteiger partial charge in [-0.2, -0.15) is 0 Å². The van der Waals surface area contributed by atoms with E-state index in [1.54, 1.807) is 0 Å². The molecule has 7 nitrogen and oxygen atoms in total. The van der Waals surface area contributed by atoms with Crippen molar-refractivity contribution < 1.29 is 18.3 Å². The molecule has 3 N–H and O–H groups in total. The van der Waals surface area contributed by atoms with Crippen LogP contribution in [0, 0.1) is 0 Å². The maximum absolute atomic E-state index is 11.5. The summed E-state index contributed by atoms with van der Waals surface area (Å²) in [5.41, 5.74) is 4.84. The predicted molar refractivity (Wildman–Crippen MR) is 66.9 cm³/mol. The molecule has 98 valence electrons. The van der Waals surface area contributed by atoms with Crippen molar-refractivity contribution in [2.24, 2.45) is 16.0 Å². The smallest absolute Gasteiger partial charge is 0.356 e. The molecule has 2 amide bonds. The number of azo groups is 1. The molecule has 18 heavy (non-hydrogen) atoms. The molecule has 1 rings (SSSR count). The zero-order chi connectivity index (χ0) is 13.9. The fraction of sp³-hybridized carbons (Fsp3) is 0.222. The van der Waals surface area contributed by atoms with E-state index in [1.165, 1.54) is 24.6 Å². The van der Waals surface area contributed by atoms with Crippen LogP contribution >= 0.6 is 0 Å². The Morgan fingerprint density at radius 3 is 2.00 bits per heavy atom. The number of phenolic OH excluding ortho intramolecular Hbond substituents is 1. The first-order chi connectivity index (χ1) is 8.32. The highest BCUT2D eigenvalue weighted by atomic mass is 32.2. The zero-order valence-corrected chi connectivity index (χ0v) is 11.2. The van der Waals surface area contributed by atoms with Gasteiger partial charge >= 0.3 is 6.03 Å². The van der Waals surface area contributed by atoms with Gasteiger partial charge in [0, 0.05) is 12.5 Å². The summed E-state index contributed by atoms with van der Waals surface area (Å²) in [6.45, 7) is 0. The first-order valence-electron chi connectivity index (χ1n) is 4.58. The second-order valence-electron chi connectivity index (χ2n) is 3.24. The van der Waals surface area contributed by atoms with Crippen LogP contribution in [0.3, 0.4) is 0 Å². The number of amides is 2. The van der Waals surface area contributed by atoms with Crippen molar-refractivity contribution in [1.82, 2.24) is 0 Å². The van der Waals surface area contributed by atoms with Crippen LogP contribution in [0.1, 0.15) is 0 Å². The van der Waals surface area contributed by atoms with Crippen molar-refractivity contribution in [3.63, 3.8) is 0 Å². The number of phenols is 1. The number of hydrogen-bond acceptors (Lipinski definition) is 5. The van der Waals surface area contributed by atoms with Gasteiger partial charge in [0.15, 0.2) is 0 Å². The van der Waals surface area contributed by atoms with E-state index in [-0.39, 0.29) is 21.2 Å². The molecule has 9 heteroatoms. The summed E-state index contributed by atoms with van der Waals surface area (Å²) in [6, 6.07) is 1.40. The third kappa shape index (κ3) is 3.44. The van der Waals surface area contributed by atoms with E-state index in [0.29, 0.717) is 0 Å². The van der Waals surface area contributed by atoms with Crippen molar-refractivity contribution >= 4 is 33.3 Å². The zero-order valence-electron chi connectivity index (χ0n) is 9.61. The molecule has 0 aliphatic heterocycles. The molecule has 0 aromatic heterocycles. The minimum Gasteiger partial charge on any atom is -0.508 e. The number of nitrogens with two attached hydrogens (primary N) is 1. The van der Waals surface area contributed by atoms with Crippen molar-refractivity contribution in [2.75, 3.05) is 12.5 Å². The SMILES string of the molecule is C[S@](=O)c1cc(O)cc([S@](C)=O)c1N=NC(N)=O. The first-order valence-corrected chi connectivity index (χ1v) is 7.69. The van der Waals surface area contributed by atoms with Gasteiger partial charge in [-0.1, -0.05) is 5.11 Å². The quantitative estimate of drug-likeness (QED) is 0.807. The molecule has 0 aliphatic carbocycles. The second kappa shape index (κ2) is 5.83. The monoisotopic (exact) mass is 289 g/mol. The van der Waals surface area contributed by atoms with Crippen LogP contribution in [0.5, 0.6) is 5.75 Å². The molecule has 0 aliphatic rings. The molecule has 0 saturated heterocycles. The maximum atomic E-state index is 11.5. The van der Waals surface area contributed by atoms with Gasteiger partial charge < -0.3 is 10.8 Å². The maximum Gasteiger partial charge on any atom is 0.356 e. The lowest BCUT2D eigenvalue weighted by atomic mass is 10.3. The number of hydrogen-bond donors (Lipinski definition) is 2. The van der Waals surface area contributed by atoms with Crippen LogP contribution in [0.25, 0.3) is 0 Å². The number of benzene rings is 1. The summed E-state index contributed by atoms with van der Waals surface area (Å²) in [4.78, 5) is 10.8. The molecule has 0 saturated carbocycles. The van der Waals surface area contributed by atoms with Gasteiger partial charge in [0.05, 0.1) is 31.4 Å². The van der Waals surface area contributed by atoms with Crippen molar-refractivity contribution in [1.29, 1.82) is 0 Å². The molecule has 1 aromatic rings. The Hall–Kier alpha value is -1.61. The Labute approximate surface area is 108 Å². The second-order valence-corrected chi connectivity index (χ2v) is 5.93. The Morgan fingerprint density at radius 2 is 1.67 bits per heavy atom. The lowest BCUT2D eigenvalue weighted by molar-refractivity contribution is 0.255. The molecule has 0 fully saturated rings. The summed E-state index contributed by atoms with van der Waals surface area (Å²) < 4.78 is 23.0. The molecule has 0 spiro atoms. The van der Waals surface area contributed by atoms with Crippen molar-refractivity contribution in [3.05, 3.63) is 12.1 Å². The fourth-order valence-corrected chi connectivity index (χ4v) is 2.69. The lowest BCUT2D eigenvalue weighted by Gasteiger charge is -2.07. The number of carbonyl (C=O) groups is 1. The Kier molecular flexibility index (Phi) is 4.68. The molecule has 0 heterocycles. The lowest BCUT2D eigenvalue weighted by Crippen LogP contribution is -2.02. The minimum absolute atomic E-state index is 0.0215. The normalized spacial score (nSPS) is 14.6. The van der Waals surface area contributed by atoms with E-state index in [2.05, 4.69) is 10.2 Å². The van der Waals surface area contributed by atoms with Gasteiger partial charge in [0.1, 0.15) is 11.4 Å². The molecule has 1 aromatic carbocycles. The first kappa shape index (κ1) is 14.5. The highest BCUT2D eigenvalue weighted by Gasteiger charge is 2.16. The van der Waals surface area contributed by atoms with Gasteiger partial charge in [0.2, 0.25) is 0 Å². The summed E-state index contributed by atoms with van der Waals surface area (Å²) in [7, 11) is -2.99. The van der Waals surface area contributed by atoms with E-state index in [9.17, 15) is 18.3 Å². The van der Waals surface area contributed by atoms with Crippen LogP contribution in [-0.2, 0) is 21.6 Å². The molecular weight excluding hydrogens is 278 g/mol. The number of carbonyl (C=O) groups excluding carboxylic acids is 1. The number of primary amides is 1. The molecule has 0 unspecified atom stereocenters. The number of urea groups is 1. The van der Waals surface area contributed by atoms with Crippen molar-refractivity contribution in [3.8, 4) is 5.75 Å². The van der Waals surface area contributed by atoms with Crippen molar-refractivity contribution in [2.45, 2.75) is 9.79 Å². The van der Waals surface area contributed by atoms with E-state index in [1.807, 2.05) is 0 Å². The summed E-state index contributed by atoms with van der Waals surface area (Å²) in [5, 5.41) is 16.1. The number of rotatable bonds is 3. The molecule has 0 radical (unpaired) electrons. The summed E-state index contributed by atoms with van der Waals surface area (Å²) in [6.07, 6.45) is 2.72. The van der Waals surface area contributed by atoms with Crippen LogP contribution in [0.2, 0.25) is 0 Å². The van der Waals surface area contributed by atoms with Crippen LogP contribution in [0.4, 0.5) is 10.5 Å². The van der Waals surface area contributed by atoms with E-state index >= 15 is 0 Å². The van der Waals surface area contributed by atoms with Gasteiger partial charge in [-0.3, -0.25) is 8.42 Å². The predicted octanol–water partition coefficient (Wildman–Crippen LogP) is 1.03. The Balaban J connectivity index is 3.55. The highest BCUT2D eigenvalue weighted by molar-refractivity contribution is 7.85. The third-order valence-corrected chi connectivity index (χ3v) is 3.75. The number of nitrogens with zero attached hydrogens (tertiary/aromatic N) is 2. The van der Waals surface area contributed by atoms with E-state index < -0.39 is 27.6 Å². The van der Waals surface area contributed by atoms with Crippen LogP contribution in [-0.4, -0.2) is 32.1 Å². The van der Waals surface area contributed by atoms with Crippen LogP contribution < -0.4 is 5.73 Å². The minimum atomic E-state index is -1.49. The van der Waals surface area contributed by atoms with E-state index in [0.717, 1.165) is 0 Å². The molecular formula is C9H11N3O4S2. The Morgan fingerprint density at radius 1 is 1.22 bits per heavy atom. The average molecular weight is 289 g/mol. The molecule has 2 atom stereocenters. The largest absolute Gasteiger partial charge is 0.508 e. The van der Waals surface area contributed by atoms with Gasteiger partial charge in [-0.05, 0) is 12.1 Å². The third-order valence-electron chi connectivity index (χ3n) is 1.89. The summed E-state index contributed by atoms with van der Waals surface area (Å²) in [5.74, 6) is -0.191.